The lowest BCUT2D eigenvalue weighted by atomic mass is 10.2. The largest absolute Gasteiger partial charge is 0.305 e. The van der Waals surface area contributed by atoms with E-state index in [1.807, 2.05) is 13.1 Å². The van der Waals surface area contributed by atoms with Crippen LogP contribution < -0.4 is 5.32 Å². The molecule has 0 saturated heterocycles. The predicted molar refractivity (Wildman–Crippen MR) is 101 cm³/mol. The van der Waals surface area contributed by atoms with Gasteiger partial charge in [0.15, 0.2) is 5.82 Å². The molecule has 8 heteroatoms. The monoisotopic (exact) mass is 417 g/mol. The molecule has 26 heavy (non-hydrogen) atoms. The third-order valence-electron chi connectivity index (χ3n) is 3.62. The van der Waals surface area contributed by atoms with Crippen LogP contribution in [0.25, 0.3) is 6.08 Å². The van der Waals surface area contributed by atoms with Crippen LogP contribution in [0.1, 0.15) is 18.1 Å². The number of aromatic nitrogens is 4. The molecule has 134 valence electrons. The van der Waals surface area contributed by atoms with Gasteiger partial charge in [0.2, 0.25) is 5.91 Å². The quantitative estimate of drug-likeness (QED) is 0.621. The van der Waals surface area contributed by atoms with Crippen molar-refractivity contribution in [1.29, 1.82) is 0 Å². The summed E-state index contributed by atoms with van der Waals surface area (Å²) in [6, 6.07) is 6.20. The zero-order chi connectivity index (χ0) is 18.5. The number of nitrogens with zero attached hydrogens (tertiary/aromatic N) is 4. The third kappa shape index (κ3) is 4.66. The lowest BCUT2D eigenvalue weighted by Crippen LogP contribution is -2.09. The van der Waals surface area contributed by atoms with Crippen LogP contribution in [0.3, 0.4) is 0 Å². The number of hydrogen-bond donors (Lipinski definition) is 1. The van der Waals surface area contributed by atoms with Gasteiger partial charge in [-0.3, -0.25) is 14.2 Å². The first-order valence-electron chi connectivity index (χ1n) is 8.02. The number of anilines is 1. The Morgan fingerprint density at radius 3 is 2.73 bits per heavy atom. The summed E-state index contributed by atoms with van der Waals surface area (Å²) in [5.74, 6) is -0.146. The maximum atomic E-state index is 13.0. The summed E-state index contributed by atoms with van der Waals surface area (Å²) in [6.45, 7) is 3.24. The average molecular weight is 418 g/mol. The molecule has 0 radical (unpaired) electrons. The fraction of sp³-hybridized carbons (Fsp3) is 0.167. The number of hydrogen-bond acceptors (Lipinski definition) is 3. The molecule has 0 bridgehead atoms. The molecule has 0 atom stereocenters. The minimum absolute atomic E-state index is 0.278. The smallest absolute Gasteiger partial charge is 0.249 e. The van der Waals surface area contributed by atoms with Crippen LogP contribution in [-0.4, -0.2) is 25.5 Å². The Kier molecular flexibility index (Phi) is 5.62. The lowest BCUT2D eigenvalue weighted by Gasteiger charge is -2.01. The van der Waals surface area contributed by atoms with Gasteiger partial charge >= 0.3 is 0 Å². The Morgan fingerprint density at radius 2 is 2.04 bits per heavy atom. The van der Waals surface area contributed by atoms with E-state index in [0.29, 0.717) is 16.8 Å². The van der Waals surface area contributed by atoms with Gasteiger partial charge < -0.3 is 5.32 Å². The van der Waals surface area contributed by atoms with E-state index in [0.717, 1.165) is 17.7 Å². The molecule has 1 N–H and O–H groups in total. The van der Waals surface area contributed by atoms with Gasteiger partial charge in [-0.05, 0) is 46.6 Å². The van der Waals surface area contributed by atoms with Crippen molar-refractivity contribution in [2.75, 3.05) is 5.32 Å². The molecular weight excluding hydrogens is 401 g/mol. The molecule has 3 aromatic rings. The van der Waals surface area contributed by atoms with Crippen LogP contribution in [-0.2, 0) is 17.9 Å². The first kappa shape index (κ1) is 18.1. The van der Waals surface area contributed by atoms with Crippen molar-refractivity contribution in [2.24, 2.45) is 0 Å². The van der Waals surface area contributed by atoms with Gasteiger partial charge in [-0.2, -0.15) is 10.2 Å². The molecule has 0 unspecified atom stereocenters. The molecular formula is C18H17BrFN5O. The van der Waals surface area contributed by atoms with Crippen LogP contribution in [0.15, 0.2) is 53.4 Å². The van der Waals surface area contributed by atoms with Crippen molar-refractivity contribution in [2.45, 2.75) is 20.0 Å². The summed E-state index contributed by atoms with van der Waals surface area (Å²) in [6.07, 6.45) is 8.44. The zero-order valence-corrected chi connectivity index (χ0v) is 15.6. The number of nitrogens with one attached hydrogen (secondary N) is 1. The van der Waals surface area contributed by atoms with Gasteiger partial charge in [-0.15, -0.1) is 0 Å². The second-order valence-corrected chi connectivity index (χ2v) is 6.46. The summed E-state index contributed by atoms with van der Waals surface area (Å²) in [4.78, 5) is 12.1. The number of rotatable bonds is 6. The van der Waals surface area contributed by atoms with Gasteiger partial charge in [-0.1, -0.05) is 12.1 Å². The summed E-state index contributed by atoms with van der Waals surface area (Å²) in [5.41, 5.74) is 1.76. The topological polar surface area (TPSA) is 64.7 Å². The summed E-state index contributed by atoms with van der Waals surface area (Å²) in [7, 11) is 0. The Hall–Kier alpha value is -2.74. The molecule has 0 aliphatic carbocycles. The molecule has 1 amide bonds. The minimum Gasteiger partial charge on any atom is -0.305 e. The highest BCUT2D eigenvalue weighted by Crippen LogP contribution is 2.21. The Labute approximate surface area is 158 Å². The second-order valence-electron chi connectivity index (χ2n) is 5.60. The van der Waals surface area contributed by atoms with Crippen molar-refractivity contribution in [3.63, 3.8) is 0 Å². The number of carbonyl (C=O) groups is 1. The van der Waals surface area contributed by atoms with Crippen molar-refractivity contribution in [3.05, 3.63) is 70.3 Å². The highest BCUT2D eigenvalue weighted by atomic mass is 79.9. The Bertz CT molecular complexity index is 929. The average Bonchev–Trinajstić information content (AvgIpc) is 3.22. The first-order chi connectivity index (χ1) is 12.5. The molecule has 2 aromatic heterocycles. The SMILES string of the molecule is CCn1cc(/C=C/C(=O)Nc2nn(Cc3ccc(F)cc3)cc2Br)cn1. The number of benzene rings is 1. The maximum Gasteiger partial charge on any atom is 0.249 e. The second kappa shape index (κ2) is 8.09. The summed E-state index contributed by atoms with van der Waals surface area (Å²) >= 11 is 3.38. The molecule has 0 fully saturated rings. The van der Waals surface area contributed by atoms with Crippen molar-refractivity contribution in [3.8, 4) is 0 Å². The zero-order valence-electron chi connectivity index (χ0n) is 14.1. The third-order valence-corrected chi connectivity index (χ3v) is 4.20. The first-order valence-corrected chi connectivity index (χ1v) is 8.81. The van der Waals surface area contributed by atoms with Crippen molar-refractivity contribution >= 4 is 33.7 Å². The highest BCUT2D eigenvalue weighted by molar-refractivity contribution is 9.10. The molecule has 1 aromatic carbocycles. The summed E-state index contributed by atoms with van der Waals surface area (Å²) in [5, 5.41) is 11.2. The van der Waals surface area contributed by atoms with E-state index in [4.69, 9.17) is 0 Å². The number of carbonyl (C=O) groups excluding carboxylic acids is 1. The molecule has 3 rings (SSSR count). The van der Waals surface area contributed by atoms with Crippen LogP contribution in [0, 0.1) is 5.82 Å². The van der Waals surface area contributed by atoms with E-state index in [2.05, 4.69) is 31.4 Å². The molecule has 0 spiro atoms. The van der Waals surface area contributed by atoms with E-state index in [1.54, 1.807) is 40.0 Å². The van der Waals surface area contributed by atoms with Crippen LogP contribution in [0.5, 0.6) is 0 Å². The molecule has 0 aliphatic heterocycles. The van der Waals surface area contributed by atoms with Crippen molar-refractivity contribution < 1.29 is 9.18 Å². The van der Waals surface area contributed by atoms with Gasteiger partial charge in [0.1, 0.15) is 5.82 Å². The van der Waals surface area contributed by atoms with Crippen molar-refractivity contribution in [1.82, 2.24) is 19.6 Å². The molecule has 0 aliphatic rings. The highest BCUT2D eigenvalue weighted by Gasteiger charge is 2.09. The molecule has 2 heterocycles. The fourth-order valence-corrected chi connectivity index (χ4v) is 2.72. The van der Waals surface area contributed by atoms with Gasteiger partial charge in [0.05, 0.1) is 17.2 Å². The van der Waals surface area contributed by atoms with E-state index in [1.165, 1.54) is 18.2 Å². The molecule has 6 nitrogen and oxygen atoms in total. The number of aryl methyl sites for hydroxylation is 1. The van der Waals surface area contributed by atoms with Gasteiger partial charge in [0, 0.05) is 30.6 Å². The Balaban J connectivity index is 1.63. The minimum atomic E-state index is -0.290. The van der Waals surface area contributed by atoms with E-state index < -0.39 is 0 Å². The fourth-order valence-electron chi connectivity index (χ4n) is 2.31. The number of halogens is 2. The van der Waals surface area contributed by atoms with Gasteiger partial charge in [-0.25, -0.2) is 4.39 Å². The van der Waals surface area contributed by atoms with E-state index in [-0.39, 0.29) is 11.7 Å². The summed E-state index contributed by atoms with van der Waals surface area (Å²) < 4.78 is 17.1. The normalized spacial score (nSPS) is 11.2. The number of amides is 1. The van der Waals surface area contributed by atoms with Crippen LogP contribution in [0.4, 0.5) is 10.2 Å². The Morgan fingerprint density at radius 1 is 1.27 bits per heavy atom. The lowest BCUT2D eigenvalue weighted by molar-refractivity contribution is -0.111. The standard InChI is InChI=1S/C18H17BrFN5O/c1-2-24-11-14(9-21-24)5-8-17(26)22-18-16(19)12-25(23-18)10-13-3-6-15(20)7-4-13/h3-9,11-12H,2,10H2,1H3,(H,22,23,26)/b8-5+. The van der Waals surface area contributed by atoms with Gasteiger partial charge in [0.25, 0.3) is 0 Å². The predicted octanol–water partition coefficient (Wildman–Crippen LogP) is 3.70. The van der Waals surface area contributed by atoms with E-state index in [9.17, 15) is 9.18 Å². The van der Waals surface area contributed by atoms with Crippen LogP contribution in [0.2, 0.25) is 0 Å². The van der Waals surface area contributed by atoms with E-state index >= 15 is 0 Å². The molecule has 0 saturated carbocycles. The maximum absolute atomic E-state index is 13.0. The van der Waals surface area contributed by atoms with Crippen LogP contribution >= 0.6 is 15.9 Å².